The van der Waals surface area contributed by atoms with Crippen LogP contribution < -0.4 is 4.90 Å². The number of nitro groups is 1. The summed E-state index contributed by atoms with van der Waals surface area (Å²) >= 11 is 3.34. The summed E-state index contributed by atoms with van der Waals surface area (Å²) < 4.78 is 0.799. The van der Waals surface area contributed by atoms with E-state index >= 15 is 0 Å². The SMILES string of the molecule is O=C1CC(N(CCc2c[nH]c3ccccc23)C(=O)c2cccc([N+](=O)[O-])c2)C(=O)N1c1ccc(Br)cc1. The first-order chi connectivity index (χ1) is 17.8. The van der Waals surface area contributed by atoms with Gasteiger partial charge in [0.15, 0.2) is 0 Å². The van der Waals surface area contributed by atoms with Crippen molar-refractivity contribution < 1.29 is 19.3 Å². The van der Waals surface area contributed by atoms with E-state index in [2.05, 4.69) is 20.9 Å². The maximum Gasteiger partial charge on any atom is 0.270 e. The van der Waals surface area contributed by atoms with Crippen molar-refractivity contribution in [2.75, 3.05) is 11.4 Å². The van der Waals surface area contributed by atoms with Crippen molar-refractivity contribution in [3.8, 4) is 0 Å². The number of imide groups is 1. The number of carbonyl (C=O) groups is 3. The van der Waals surface area contributed by atoms with Gasteiger partial charge in [-0.05, 0) is 48.4 Å². The molecule has 3 amide bonds. The van der Waals surface area contributed by atoms with Crippen LogP contribution in [0.1, 0.15) is 22.3 Å². The Morgan fingerprint density at radius 2 is 1.84 bits per heavy atom. The van der Waals surface area contributed by atoms with Crippen LogP contribution in [0.4, 0.5) is 11.4 Å². The van der Waals surface area contributed by atoms with Crippen LogP contribution in [0, 0.1) is 10.1 Å². The summed E-state index contributed by atoms with van der Waals surface area (Å²) in [6.07, 6.45) is 2.10. The van der Waals surface area contributed by atoms with E-state index in [0.29, 0.717) is 12.1 Å². The number of nitrogens with one attached hydrogen (secondary N) is 1. The highest BCUT2D eigenvalue weighted by atomic mass is 79.9. The van der Waals surface area contributed by atoms with Gasteiger partial charge in [0.2, 0.25) is 5.91 Å². The zero-order chi connectivity index (χ0) is 26.1. The Balaban J connectivity index is 1.48. The molecule has 0 spiro atoms. The Morgan fingerprint density at radius 3 is 2.59 bits per heavy atom. The van der Waals surface area contributed by atoms with E-state index in [9.17, 15) is 24.5 Å². The van der Waals surface area contributed by atoms with Crippen molar-refractivity contribution in [1.29, 1.82) is 0 Å². The summed E-state index contributed by atoms with van der Waals surface area (Å²) in [6, 6.07) is 18.9. The molecule has 10 heteroatoms. The smallest absolute Gasteiger partial charge is 0.270 e. The van der Waals surface area contributed by atoms with Gasteiger partial charge in [-0.1, -0.05) is 40.2 Å². The minimum Gasteiger partial charge on any atom is -0.361 e. The van der Waals surface area contributed by atoms with Gasteiger partial charge < -0.3 is 9.88 Å². The molecule has 1 aliphatic heterocycles. The average Bonchev–Trinajstić information content (AvgIpc) is 3.45. The van der Waals surface area contributed by atoms with Gasteiger partial charge in [-0.15, -0.1) is 0 Å². The number of nitro benzene ring substituents is 1. The van der Waals surface area contributed by atoms with Gasteiger partial charge in [0.1, 0.15) is 6.04 Å². The Hall–Kier alpha value is -4.31. The number of anilines is 1. The zero-order valence-corrected chi connectivity index (χ0v) is 21.1. The molecule has 1 unspecified atom stereocenters. The van der Waals surface area contributed by atoms with Crippen LogP contribution >= 0.6 is 15.9 Å². The van der Waals surface area contributed by atoms with Crippen LogP contribution in [0.5, 0.6) is 0 Å². The molecule has 0 aliphatic carbocycles. The first-order valence-electron chi connectivity index (χ1n) is 11.6. The number of amides is 3. The molecule has 1 aliphatic rings. The van der Waals surface area contributed by atoms with Gasteiger partial charge in [0.05, 0.1) is 17.0 Å². The van der Waals surface area contributed by atoms with Crippen LogP contribution in [-0.4, -0.2) is 45.1 Å². The third-order valence-corrected chi connectivity index (χ3v) is 6.97. The van der Waals surface area contributed by atoms with Crippen LogP contribution in [0.2, 0.25) is 0 Å². The number of nitrogens with zero attached hydrogens (tertiary/aromatic N) is 3. The number of aromatic amines is 1. The maximum absolute atomic E-state index is 13.7. The summed E-state index contributed by atoms with van der Waals surface area (Å²) in [7, 11) is 0. The van der Waals surface area contributed by atoms with Gasteiger partial charge in [0.25, 0.3) is 17.5 Å². The lowest BCUT2D eigenvalue weighted by Gasteiger charge is -2.28. The van der Waals surface area contributed by atoms with Crippen LogP contribution in [0.3, 0.4) is 0 Å². The van der Waals surface area contributed by atoms with Crippen molar-refractivity contribution in [3.63, 3.8) is 0 Å². The average molecular weight is 561 g/mol. The second-order valence-electron chi connectivity index (χ2n) is 8.68. The molecular formula is C27H21BrN4O5. The summed E-state index contributed by atoms with van der Waals surface area (Å²) in [4.78, 5) is 56.5. The number of hydrogen-bond acceptors (Lipinski definition) is 5. The number of fused-ring (bicyclic) bond motifs is 1. The van der Waals surface area contributed by atoms with Crippen LogP contribution in [0.25, 0.3) is 10.9 Å². The minimum absolute atomic E-state index is 0.0791. The first kappa shape index (κ1) is 24.4. The van der Waals surface area contributed by atoms with Gasteiger partial charge in [-0.3, -0.25) is 24.5 Å². The number of rotatable bonds is 7. The molecule has 4 aromatic rings. The third-order valence-electron chi connectivity index (χ3n) is 6.45. The molecule has 2 heterocycles. The van der Waals surface area contributed by atoms with E-state index in [1.165, 1.54) is 29.2 Å². The Kier molecular flexibility index (Phi) is 6.58. The molecule has 1 aromatic heterocycles. The Bertz CT molecular complexity index is 1530. The Labute approximate surface area is 220 Å². The van der Waals surface area contributed by atoms with Crippen molar-refractivity contribution in [1.82, 2.24) is 9.88 Å². The number of carbonyl (C=O) groups excluding carboxylic acids is 3. The lowest BCUT2D eigenvalue weighted by molar-refractivity contribution is -0.384. The lowest BCUT2D eigenvalue weighted by atomic mass is 10.1. The Morgan fingerprint density at radius 1 is 1.08 bits per heavy atom. The number of hydrogen-bond donors (Lipinski definition) is 1. The molecule has 1 N–H and O–H groups in total. The molecule has 1 saturated heterocycles. The van der Waals surface area contributed by atoms with E-state index in [0.717, 1.165) is 25.8 Å². The zero-order valence-electron chi connectivity index (χ0n) is 19.5. The quantitative estimate of drug-likeness (QED) is 0.197. The highest BCUT2D eigenvalue weighted by Gasteiger charge is 2.44. The number of halogens is 1. The van der Waals surface area contributed by atoms with E-state index in [1.807, 2.05) is 30.5 Å². The van der Waals surface area contributed by atoms with E-state index < -0.39 is 28.7 Å². The largest absolute Gasteiger partial charge is 0.361 e. The van der Waals surface area contributed by atoms with Crippen molar-refractivity contribution in [2.45, 2.75) is 18.9 Å². The maximum atomic E-state index is 13.7. The topological polar surface area (TPSA) is 117 Å². The highest BCUT2D eigenvalue weighted by molar-refractivity contribution is 9.10. The summed E-state index contributed by atoms with van der Waals surface area (Å²) in [5.74, 6) is -1.47. The predicted molar refractivity (Wildman–Crippen MR) is 141 cm³/mol. The molecule has 3 aromatic carbocycles. The minimum atomic E-state index is -1.03. The fourth-order valence-electron chi connectivity index (χ4n) is 4.62. The second-order valence-corrected chi connectivity index (χ2v) is 9.59. The molecule has 0 bridgehead atoms. The molecule has 0 radical (unpaired) electrons. The van der Waals surface area contributed by atoms with Gasteiger partial charge >= 0.3 is 0 Å². The van der Waals surface area contributed by atoms with Gasteiger partial charge in [-0.2, -0.15) is 0 Å². The molecular weight excluding hydrogens is 540 g/mol. The summed E-state index contributed by atoms with van der Waals surface area (Å²) in [6.45, 7) is 0.140. The monoisotopic (exact) mass is 560 g/mol. The predicted octanol–water partition coefficient (Wildman–Crippen LogP) is 4.86. The number of aromatic nitrogens is 1. The van der Waals surface area contributed by atoms with E-state index in [-0.39, 0.29) is 24.2 Å². The number of H-pyrrole nitrogens is 1. The number of benzene rings is 3. The van der Waals surface area contributed by atoms with Crippen molar-refractivity contribution in [2.24, 2.45) is 0 Å². The van der Waals surface area contributed by atoms with Crippen molar-refractivity contribution in [3.05, 3.63) is 105 Å². The fraction of sp³-hybridized carbons (Fsp3) is 0.148. The molecule has 186 valence electrons. The van der Waals surface area contributed by atoms with Crippen molar-refractivity contribution >= 4 is 55.9 Å². The molecule has 0 saturated carbocycles. The summed E-state index contributed by atoms with van der Waals surface area (Å²) in [5.41, 5.74) is 2.17. The number of non-ortho nitro benzene ring substituents is 1. The normalized spacial score (nSPS) is 15.4. The van der Waals surface area contributed by atoms with Gasteiger partial charge in [-0.25, -0.2) is 4.90 Å². The molecule has 1 atom stereocenters. The fourth-order valence-corrected chi connectivity index (χ4v) is 4.88. The van der Waals surface area contributed by atoms with E-state index in [4.69, 9.17) is 0 Å². The van der Waals surface area contributed by atoms with Crippen LogP contribution in [-0.2, 0) is 16.0 Å². The highest BCUT2D eigenvalue weighted by Crippen LogP contribution is 2.29. The number of para-hydroxylation sites is 1. The second kappa shape index (κ2) is 9.98. The molecule has 1 fully saturated rings. The molecule has 37 heavy (non-hydrogen) atoms. The van der Waals surface area contributed by atoms with Crippen LogP contribution in [0.15, 0.2) is 83.5 Å². The first-order valence-corrected chi connectivity index (χ1v) is 12.4. The summed E-state index contributed by atoms with van der Waals surface area (Å²) in [5, 5.41) is 12.3. The van der Waals surface area contributed by atoms with Gasteiger partial charge in [0, 0.05) is 45.8 Å². The molecule has 9 nitrogen and oxygen atoms in total. The standard InChI is InChI=1S/C27H21BrN4O5/c28-19-8-10-20(11-9-19)31-25(33)15-24(27(31)35)30(26(34)17-4-3-5-21(14-17)32(36)37)13-12-18-16-29-23-7-2-1-6-22(18)23/h1-11,14,16,24,29H,12-13,15H2. The van der Waals surface area contributed by atoms with E-state index in [1.54, 1.807) is 24.3 Å². The lowest BCUT2D eigenvalue weighted by Crippen LogP contribution is -2.46. The third kappa shape index (κ3) is 4.75. The molecule has 5 rings (SSSR count).